The maximum absolute atomic E-state index is 12.7. The maximum Gasteiger partial charge on any atom is 0.276 e. The number of aliphatic hydroxyl groups is 1. The molecule has 7 heteroatoms. The lowest BCUT2D eigenvalue weighted by molar-refractivity contribution is 0.0128. The SMILES string of the molecule is O=C(c1ncccc1O)N1C[C@@H](CN2CCOCC2)C[C@H](CO)C1. The summed E-state index contributed by atoms with van der Waals surface area (Å²) in [6.45, 7) is 5.43. The van der Waals surface area contributed by atoms with Crippen LogP contribution in [0.2, 0.25) is 0 Å². The highest BCUT2D eigenvalue weighted by molar-refractivity contribution is 5.94. The van der Waals surface area contributed by atoms with Gasteiger partial charge in [-0.05, 0) is 30.4 Å². The van der Waals surface area contributed by atoms with Gasteiger partial charge in [-0.3, -0.25) is 9.69 Å². The van der Waals surface area contributed by atoms with Crippen LogP contribution in [0.4, 0.5) is 0 Å². The number of morpholine rings is 1. The van der Waals surface area contributed by atoms with E-state index in [1.165, 1.54) is 12.3 Å². The van der Waals surface area contributed by atoms with Gasteiger partial charge < -0.3 is 19.8 Å². The summed E-state index contributed by atoms with van der Waals surface area (Å²) in [5.41, 5.74) is 0.0845. The first-order valence-electron chi connectivity index (χ1n) is 8.51. The Morgan fingerprint density at radius 3 is 2.75 bits per heavy atom. The number of hydrogen-bond donors (Lipinski definition) is 2. The summed E-state index contributed by atoms with van der Waals surface area (Å²) in [5, 5.41) is 19.5. The molecular weight excluding hydrogens is 310 g/mol. The van der Waals surface area contributed by atoms with Gasteiger partial charge in [-0.25, -0.2) is 4.98 Å². The molecule has 1 aromatic heterocycles. The van der Waals surface area contributed by atoms with E-state index in [4.69, 9.17) is 4.74 Å². The first kappa shape index (κ1) is 17.1. The van der Waals surface area contributed by atoms with E-state index in [2.05, 4.69) is 9.88 Å². The van der Waals surface area contributed by atoms with Gasteiger partial charge in [-0.15, -0.1) is 0 Å². The average molecular weight is 335 g/mol. The number of carbonyl (C=O) groups is 1. The van der Waals surface area contributed by atoms with Crippen LogP contribution in [0.3, 0.4) is 0 Å². The minimum atomic E-state index is -0.266. The zero-order valence-electron chi connectivity index (χ0n) is 13.8. The minimum Gasteiger partial charge on any atom is -0.505 e. The molecule has 0 radical (unpaired) electrons. The monoisotopic (exact) mass is 335 g/mol. The molecule has 2 aliphatic rings. The number of likely N-dealkylation sites (tertiary alicyclic amines) is 1. The van der Waals surface area contributed by atoms with Gasteiger partial charge in [-0.1, -0.05) is 0 Å². The second-order valence-corrected chi connectivity index (χ2v) is 6.64. The zero-order valence-corrected chi connectivity index (χ0v) is 13.8. The third-order valence-electron chi connectivity index (χ3n) is 4.78. The Labute approximate surface area is 141 Å². The Kier molecular flexibility index (Phi) is 5.65. The van der Waals surface area contributed by atoms with E-state index >= 15 is 0 Å². The fraction of sp³-hybridized carbons (Fsp3) is 0.647. The van der Waals surface area contributed by atoms with Crippen LogP contribution in [0.15, 0.2) is 18.3 Å². The topological polar surface area (TPSA) is 86.1 Å². The number of ether oxygens (including phenoxy) is 1. The number of aromatic hydroxyl groups is 1. The fourth-order valence-electron chi connectivity index (χ4n) is 3.61. The lowest BCUT2D eigenvalue weighted by atomic mass is 9.89. The normalized spacial score (nSPS) is 25.6. The molecule has 0 saturated carbocycles. The summed E-state index contributed by atoms with van der Waals surface area (Å²) in [6.07, 6.45) is 2.41. The molecule has 132 valence electrons. The van der Waals surface area contributed by atoms with Crippen molar-refractivity contribution in [3.63, 3.8) is 0 Å². The van der Waals surface area contributed by atoms with Gasteiger partial charge in [0.2, 0.25) is 0 Å². The molecule has 0 aromatic carbocycles. The van der Waals surface area contributed by atoms with Crippen molar-refractivity contribution in [1.82, 2.24) is 14.8 Å². The fourth-order valence-corrected chi connectivity index (χ4v) is 3.61. The van der Waals surface area contributed by atoms with Gasteiger partial charge in [0, 0.05) is 45.5 Å². The number of piperidine rings is 1. The van der Waals surface area contributed by atoms with Gasteiger partial charge >= 0.3 is 0 Å². The summed E-state index contributed by atoms with van der Waals surface area (Å²) < 4.78 is 5.38. The Bertz CT molecular complexity index is 563. The Hall–Kier alpha value is -1.70. The lowest BCUT2D eigenvalue weighted by Crippen LogP contribution is -2.49. The molecule has 1 aromatic rings. The van der Waals surface area contributed by atoms with Crippen LogP contribution in [-0.4, -0.2) is 83.4 Å². The predicted octanol–water partition coefficient (Wildman–Crippen LogP) is 0.190. The highest BCUT2D eigenvalue weighted by atomic mass is 16.5. The summed E-state index contributed by atoms with van der Waals surface area (Å²) in [7, 11) is 0. The summed E-state index contributed by atoms with van der Waals surface area (Å²) in [6, 6.07) is 3.07. The van der Waals surface area contributed by atoms with Gasteiger partial charge in [0.25, 0.3) is 5.91 Å². The van der Waals surface area contributed by atoms with Crippen LogP contribution in [0.5, 0.6) is 5.75 Å². The molecule has 2 saturated heterocycles. The molecule has 0 unspecified atom stereocenters. The first-order chi connectivity index (χ1) is 11.7. The van der Waals surface area contributed by atoms with Crippen molar-refractivity contribution in [1.29, 1.82) is 0 Å². The summed E-state index contributed by atoms with van der Waals surface area (Å²) in [4.78, 5) is 20.8. The number of aliphatic hydroxyl groups excluding tert-OH is 1. The quantitative estimate of drug-likeness (QED) is 0.817. The van der Waals surface area contributed by atoms with Crippen LogP contribution in [0.1, 0.15) is 16.9 Å². The number of amides is 1. The molecule has 0 bridgehead atoms. The molecule has 2 atom stereocenters. The standard InChI is InChI=1S/C17H25N3O4/c21-12-14-8-13(9-19-4-6-24-7-5-19)10-20(11-14)17(23)16-15(22)2-1-3-18-16/h1-3,13-14,21-22H,4-12H2/t13-,14+/m1/s1. The van der Waals surface area contributed by atoms with Crippen LogP contribution in [-0.2, 0) is 4.74 Å². The third-order valence-corrected chi connectivity index (χ3v) is 4.78. The largest absolute Gasteiger partial charge is 0.505 e. The second kappa shape index (κ2) is 7.92. The van der Waals surface area contributed by atoms with Crippen molar-refractivity contribution in [3.05, 3.63) is 24.0 Å². The molecule has 1 amide bonds. The van der Waals surface area contributed by atoms with E-state index in [0.717, 1.165) is 39.3 Å². The van der Waals surface area contributed by atoms with E-state index in [0.29, 0.717) is 19.0 Å². The number of hydrogen-bond acceptors (Lipinski definition) is 6. The molecule has 2 N–H and O–H groups in total. The number of aromatic nitrogens is 1. The Morgan fingerprint density at radius 2 is 2.04 bits per heavy atom. The van der Waals surface area contributed by atoms with E-state index in [-0.39, 0.29) is 29.9 Å². The molecule has 24 heavy (non-hydrogen) atoms. The van der Waals surface area contributed by atoms with E-state index in [1.807, 2.05) is 0 Å². The molecule has 3 heterocycles. The molecular formula is C17H25N3O4. The van der Waals surface area contributed by atoms with Crippen molar-refractivity contribution in [2.75, 3.05) is 52.5 Å². The smallest absolute Gasteiger partial charge is 0.276 e. The van der Waals surface area contributed by atoms with Gasteiger partial charge in [0.05, 0.1) is 13.2 Å². The van der Waals surface area contributed by atoms with Crippen molar-refractivity contribution in [2.45, 2.75) is 6.42 Å². The van der Waals surface area contributed by atoms with Gasteiger partial charge in [0.1, 0.15) is 5.75 Å². The number of carbonyl (C=O) groups excluding carboxylic acids is 1. The second-order valence-electron chi connectivity index (χ2n) is 6.64. The van der Waals surface area contributed by atoms with Crippen LogP contribution < -0.4 is 0 Å². The molecule has 2 aliphatic heterocycles. The highest BCUT2D eigenvalue weighted by Gasteiger charge is 2.32. The lowest BCUT2D eigenvalue weighted by Gasteiger charge is -2.39. The van der Waals surface area contributed by atoms with Crippen molar-refractivity contribution in [3.8, 4) is 5.75 Å². The minimum absolute atomic E-state index is 0.0671. The average Bonchev–Trinajstić information content (AvgIpc) is 2.62. The first-order valence-corrected chi connectivity index (χ1v) is 8.51. The third kappa shape index (κ3) is 4.03. The highest BCUT2D eigenvalue weighted by Crippen LogP contribution is 2.25. The number of nitrogens with zero attached hydrogens (tertiary/aromatic N) is 3. The zero-order chi connectivity index (χ0) is 16.9. The van der Waals surface area contributed by atoms with E-state index in [1.54, 1.807) is 11.0 Å². The van der Waals surface area contributed by atoms with Crippen LogP contribution >= 0.6 is 0 Å². The van der Waals surface area contributed by atoms with Gasteiger partial charge in [-0.2, -0.15) is 0 Å². The van der Waals surface area contributed by atoms with Crippen LogP contribution in [0, 0.1) is 11.8 Å². The van der Waals surface area contributed by atoms with Crippen molar-refractivity contribution >= 4 is 5.91 Å². The molecule has 7 nitrogen and oxygen atoms in total. The summed E-state index contributed by atoms with van der Waals surface area (Å²) in [5.74, 6) is 0.0139. The molecule has 2 fully saturated rings. The molecule has 3 rings (SSSR count). The van der Waals surface area contributed by atoms with E-state index in [9.17, 15) is 15.0 Å². The summed E-state index contributed by atoms with van der Waals surface area (Å²) >= 11 is 0. The Morgan fingerprint density at radius 1 is 1.29 bits per heavy atom. The number of rotatable bonds is 4. The van der Waals surface area contributed by atoms with Gasteiger partial charge in [0.15, 0.2) is 5.69 Å². The maximum atomic E-state index is 12.7. The number of pyridine rings is 1. The molecule has 0 aliphatic carbocycles. The van der Waals surface area contributed by atoms with Crippen LogP contribution in [0.25, 0.3) is 0 Å². The Balaban J connectivity index is 1.68. The predicted molar refractivity (Wildman–Crippen MR) is 87.7 cm³/mol. The molecule has 0 spiro atoms. The van der Waals surface area contributed by atoms with E-state index < -0.39 is 0 Å². The van der Waals surface area contributed by atoms with Crippen molar-refractivity contribution in [2.24, 2.45) is 11.8 Å². The van der Waals surface area contributed by atoms with Crippen molar-refractivity contribution < 1.29 is 19.7 Å².